The highest BCUT2D eigenvalue weighted by atomic mass is 35.5. The Morgan fingerprint density at radius 1 is 1.36 bits per heavy atom. The molecule has 0 unspecified atom stereocenters. The quantitative estimate of drug-likeness (QED) is 0.804. The van der Waals surface area contributed by atoms with Crippen molar-refractivity contribution in [1.29, 1.82) is 0 Å². The number of benzene rings is 1. The molecule has 1 saturated heterocycles. The molecular weight excluding hydrogens is 306 g/mol. The minimum atomic E-state index is 0.0951. The van der Waals surface area contributed by atoms with Gasteiger partial charge in [0.15, 0.2) is 0 Å². The van der Waals surface area contributed by atoms with Crippen molar-refractivity contribution in [2.75, 3.05) is 45.2 Å². The van der Waals surface area contributed by atoms with Crippen molar-refractivity contribution in [2.45, 2.75) is 6.42 Å². The molecule has 0 spiro atoms. The molecule has 22 heavy (non-hydrogen) atoms. The maximum absolute atomic E-state index is 12.1. The van der Waals surface area contributed by atoms with E-state index in [9.17, 15) is 9.59 Å². The molecule has 1 aromatic rings. The normalized spacial score (nSPS) is 14.6. The van der Waals surface area contributed by atoms with Crippen LogP contribution in [0.25, 0.3) is 0 Å². The van der Waals surface area contributed by atoms with Crippen LogP contribution in [-0.4, -0.2) is 62.0 Å². The molecule has 7 heteroatoms. The van der Waals surface area contributed by atoms with Crippen LogP contribution < -0.4 is 10.1 Å². The van der Waals surface area contributed by atoms with Gasteiger partial charge in [0, 0.05) is 44.8 Å². The summed E-state index contributed by atoms with van der Waals surface area (Å²) in [6.45, 7) is 2.96. The SMILES string of the molecule is COc1ccc(NCCC(=O)N2CCN(C=O)CC2)cc1Cl. The van der Waals surface area contributed by atoms with Gasteiger partial charge in [0.05, 0.1) is 12.1 Å². The van der Waals surface area contributed by atoms with Crippen molar-refractivity contribution in [3.8, 4) is 5.75 Å². The monoisotopic (exact) mass is 325 g/mol. The minimum absolute atomic E-state index is 0.0951. The Labute approximate surface area is 135 Å². The Kier molecular flexibility index (Phi) is 5.89. The summed E-state index contributed by atoms with van der Waals surface area (Å²) in [7, 11) is 1.57. The number of carbonyl (C=O) groups is 2. The number of hydrogen-bond acceptors (Lipinski definition) is 4. The molecule has 1 heterocycles. The third-order valence-electron chi connectivity index (χ3n) is 3.64. The van der Waals surface area contributed by atoms with Crippen molar-refractivity contribution < 1.29 is 14.3 Å². The second-order valence-electron chi connectivity index (χ2n) is 5.05. The number of methoxy groups -OCH3 is 1. The zero-order chi connectivity index (χ0) is 15.9. The average molecular weight is 326 g/mol. The van der Waals surface area contributed by atoms with E-state index in [2.05, 4.69) is 5.32 Å². The highest BCUT2D eigenvalue weighted by Crippen LogP contribution is 2.27. The first-order valence-corrected chi connectivity index (χ1v) is 7.56. The largest absolute Gasteiger partial charge is 0.495 e. The van der Waals surface area contributed by atoms with E-state index in [1.807, 2.05) is 6.07 Å². The zero-order valence-electron chi connectivity index (χ0n) is 12.5. The molecule has 0 aliphatic carbocycles. The Morgan fingerprint density at radius 2 is 2.09 bits per heavy atom. The Hall–Kier alpha value is -1.95. The summed E-state index contributed by atoms with van der Waals surface area (Å²) < 4.78 is 5.09. The molecule has 6 nitrogen and oxygen atoms in total. The summed E-state index contributed by atoms with van der Waals surface area (Å²) in [6.07, 6.45) is 1.24. The predicted octanol–water partition coefficient (Wildman–Crippen LogP) is 1.45. The van der Waals surface area contributed by atoms with Crippen LogP contribution in [0.1, 0.15) is 6.42 Å². The van der Waals surface area contributed by atoms with E-state index in [-0.39, 0.29) is 5.91 Å². The number of amides is 2. The molecule has 0 saturated carbocycles. The van der Waals surface area contributed by atoms with Crippen LogP contribution in [0.2, 0.25) is 5.02 Å². The van der Waals surface area contributed by atoms with Gasteiger partial charge in [0.2, 0.25) is 12.3 Å². The van der Waals surface area contributed by atoms with Gasteiger partial charge < -0.3 is 19.9 Å². The molecule has 0 bridgehead atoms. The number of nitrogens with one attached hydrogen (secondary N) is 1. The van der Waals surface area contributed by atoms with E-state index >= 15 is 0 Å². The van der Waals surface area contributed by atoms with Crippen molar-refractivity contribution in [1.82, 2.24) is 9.80 Å². The molecule has 120 valence electrons. The van der Waals surface area contributed by atoms with Gasteiger partial charge in [-0.1, -0.05) is 11.6 Å². The lowest BCUT2D eigenvalue weighted by molar-refractivity contribution is -0.134. The third kappa shape index (κ3) is 4.27. The highest BCUT2D eigenvalue weighted by molar-refractivity contribution is 6.32. The molecule has 1 aliphatic rings. The predicted molar refractivity (Wildman–Crippen MR) is 85.3 cm³/mol. The molecule has 0 aromatic heterocycles. The molecular formula is C15H20ClN3O3. The number of anilines is 1. The van der Waals surface area contributed by atoms with Crippen LogP contribution >= 0.6 is 11.6 Å². The molecule has 2 rings (SSSR count). The van der Waals surface area contributed by atoms with Crippen LogP contribution in [0.4, 0.5) is 5.69 Å². The van der Waals surface area contributed by atoms with Gasteiger partial charge in [-0.2, -0.15) is 0 Å². The average Bonchev–Trinajstić information content (AvgIpc) is 2.55. The number of piperazine rings is 1. The van der Waals surface area contributed by atoms with Crippen LogP contribution in [0.15, 0.2) is 18.2 Å². The number of halogens is 1. The fraction of sp³-hybridized carbons (Fsp3) is 0.467. The number of ether oxygens (including phenoxy) is 1. The topological polar surface area (TPSA) is 61.9 Å². The summed E-state index contributed by atoms with van der Waals surface area (Å²) in [5.41, 5.74) is 0.851. The first kappa shape index (κ1) is 16.4. The van der Waals surface area contributed by atoms with Crippen LogP contribution in [0.3, 0.4) is 0 Å². The van der Waals surface area contributed by atoms with Gasteiger partial charge in [-0.05, 0) is 18.2 Å². The van der Waals surface area contributed by atoms with Gasteiger partial charge in [-0.25, -0.2) is 0 Å². The van der Waals surface area contributed by atoms with Gasteiger partial charge in [0.1, 0.15) is 5.75 Å². The summed E-state index contributed by atoms with van der Waals surface area (Å²) in [5, 5.41) is 3.70. The standard InChI is InChI=1S/C15H20ClN3O3/c1-22-14-3-2-12(10-13(14)16)17-5-4-15(21)19-8-6-18(11-20)7-9-19/h2-3,10-11,17H,4-9H2,1H3. The lowest BCUT2D eigenvalue weighted by atomic mass is 10.2. The van der Waals surface area contributed by atoms with Gasteiger partial charge >= 0.3 is 0 Å². The lowest BCUT2D eigenvalue weighted by Crippen LogP contribution is -2.48. The van der Waals surface area contributed by atoms with E-state index in [0.29, 0.717) is 49.9 Å². The Morgan fingerprint density at radius 3 is 2.68 bits per heavy atom. The summed E-state index contributed by atoms with van der Waals surface area (Å²) >= 11 is 6.05. The minimum Gasteiger partial charge on any atom is -0.495 e. The second-order valence-corrected chi connectivity index (χ2v) is 5.46. The summed E-state index contributed by atoms with van der Waals surface area (Å²) in [4.78, 5) is 26.2. The maximum Gasteiger partial charge on any atom is 0.224 e. The number of nitrogens with zero attached hydrogens (tertiary/aromatic N) is 2. The van der Waals surface area contributed by atoms with Crippen LogP contribution in [0.5, 0.6) is 5.75 Å². The van der Waals surface area contributed by atoms with Gasteiger partial charge in [-0.15, -0.1) is 0 Å². The zero-order valence-corrected chi connectivity index (χ0v) is 13.3. The number of hydrogen-bond donors (Lipinski definition) is 1. The number of rotatable bonds is 6. The van der Waals surface area contributed by atoms with Crippen molar-refractivity contribution >= 4 is 29.6 Å². The Balaban J connectivity index is 1.75. The van der Waals surface area contributed by atoms with Gasteiger partial charge in [-0.3, -0.25) is 9.59 Å². The molecule has 0 radical (unpaired) electrons. The van der Waals surface area contributed by atoms with E-state index in [0.717, 1.165) is 12.1 Å². The molecule has 1 fully saturated rings. The van der Waals surface area contributed by atoms with E-state index in [1.165, 1.54) is 0 Å². The fourth-order valence-electron chi connectivity index (χ4n) is 2.32. The van der Waals surface area contributed by atoms with Crippen molar-refractivity contribution in [3.63, 3.8) is 0 Å². The van der Waals surface area contributed by atoms with Crippen LogP contribution in [0, 0.1) is 0 Å². The first-order valence-electron chi connectivity index (χ1n) is 7.18. The van der Waals surface area contributed by atoms with E-state index in [1.54, 1.807) is 29.0 Å². The molecule has 1 N–H and O–H groups in total. The highest BCUT2D eigenvalue weighted by Gasteiger charge is 2.19. The first-order chi connectivity index (χ1) is 10.6. The van der Waals surface area contributed by atoms with Crippen molar-refractivity contribution in [2.24, 2.45) is 0 Å². The van der Waals surface area contributed by atoms with Crippen LogP contribution in [-0.2, 0) is 9.59 Å². The van der Waals surface area contributed by atoms with Gasteiger partial charge in [0.25, 0.3) is 0 Å². The van der Waals surface area contributed by atoms with Crippen molar-refractivity contribution in [3.05, 3.63) is 23.2 Å². The lowest BCUT2D eigenvalue weighted by Gasteiger charge is -2.32. The van der Waals surface area contributed by atoms with E-state index in [4.69, 9.17) is 16.3 Å². The molecule has 1 aliphatic heterocycles. The second kappa shape index (κ2) is 7.89. The molecule has 2 amide bonds. The summed E-state index contributed by atoms with van der Waals surface area (Å²) in [5.74, 6) is 0.717. The maximum atomic E-state index is 12.1. The molecule has 1 aromatic carbocycles. The van der Waals surface area contributed by atoms with E-state index < -0.39 is 0 Å². The third-order valence-corrected chi connectivity index (χ3v) is 3.93. The number of carbonyl (C=O) groups excluding carboxylic acids is 2. The fourth-order valence-corrected chi connectivity index (χ4v) is 2.58. The smallest absolute Gasteiger partial charge is 0.224 e. The summed E-state index contributed by atoms with van der Waals surface area (Å²) in [6, 6.07) is 5.41. The molecule has 0 atom stereocenters. The Bertz CT molecular complexity index is 531.